The molecule has 4 heteroatoms. The number of ether oxygens (including phenoxy) is 1. The zero-order valence-electron chi connectivity index (χ0n) is 10.4. The van der Waals surface area contributed by atoms with Gasteiger partial charge in [0.05, 0.1) is 0 Å². The average Bonchev–Trinajstić information content (AvgIpc) is 2.40. The Morgan fingerprint density at radius 1 is 1.33 bits per heavy atom. The summed E-state index contributed by atoms with van der Waals surface area (Å²) in [6.45, 7) is 2.55. The van der Waals surface area contributed by atoms with Gasteiger partial charge in [0.2, 0.25) is 0 Å². The minimum atomic E-state index is 0.505. The zero-order chi connectivity index (χ0) is 13.0. The summed E-state index contributed by atoms with van der Waals surface area (Å²) in [7, 11) is 1.86. The lowest BCUT2D eigenvalue weighted by atomic mass is 10.2. The SMILES string of the molecule is CNc1ncccc1COc1ccc(Br)c(C)c1. The first-order valence-corrected chi connectivity index (χ1v) is 6.50. The minimum absolute atomic E-state index is 0.505. The molecule has 0 aliphatic rings. The number of rotatable bonds is 4. The fourth-order valence-electron chi connectivity index (χ4n) is 1.65. The monoisotopic (exact) mass is 306 g/mol. The smallest absolute Gasteiger partial charge is 0.132 e. The van der Waals surface area contributed by atoms with Crippen molar-refractivity contribution in [2.75, 3.05) is 12.4 Å². The van der Waals surface area contributed by atoms with Crippen LogP contribution in [0.4, 0.5) is 5.82 Å². The number of pyridine rings is 1. The molecule has 18 heavy (non-hydrogen) atoms. The van der Waals surface area contributed by atoms with Crippen molar-refractivity contribution in [3.63, 3.8) is 0 Å². The standard InChI is InChI=1S/C14H15BrN2O/c1-10-8-12(5-6-13(10)15)18-9-11-4-3-7-17-14(11)16-2/h3-8H,9H2,1-2H3,(H,16,17). The van der Waals surface area contributed by atoms with E-state index in [4.69, 9.17) is 4.74 Å². The summed E-state index contributed by atoms with van der Waals surface area (Å²) in [6.07, 6.45) is 1.76. The minimum Gasteiger partial charge on any atom is -0.489 e. The molecule has 94 valence electrons. The largest absolute Gasteiger partial charge is 0.489 e. The lowest BCUT2D eigenvalue weighted by Gasteiger charge is -2.10. The highest BCUT2D eigenvalue weighted by atomic mass is 79.9. The molecule has 1 N–H and O–H groups in total. The molecule has 0 spiro atoms. The molecule has 3 nitrogen and oxygen atoms in total. The Labute approximate surface area is 115 Å². The lowest BCUT2D eigenvalue weighted by Crippen LogP contribution is -2.02. The first-order chi connectivity index (χ1) is 8.70. The Hall–Kier alpha value is -1.55. The van der Waals surface area contributed by atoms with E-state index in [0.717, 1.165) is 27.2 Å². The molecule has 0 aliphatic heterocycles. The summed E-state index contributed by atoms with van der Waals surface area (Å²) >= 11 is 3.47. The predicted molar refractivity (Wildman–Crippen MR) is 77.0 cm³/mol. The second kappa shape index (κ2) is 5.87. The van der Waals surface area contributed by atoms with Crippen molar-refractivity contribution in [1.29, 1.82) is 0 Å². The maximum Gasteiger partial charge on any atom is 0.132 e. The number of halogens is 1. The van der Waals surface area contributed by atoms with Crippen LogP contribution < -0.4 is 10.1 Å². The van der Waals surface area contributed by atoms with Crippen LogP contribution in [-0.2, 0) is 6.61 Å². The summed E-state index contributed by atoms with van der Waals surface area (Å²) in [4.78, 5) is 4.24. The Kier molecular flexibility index (Phi) is 4.20. The zero-order valence-corrected chi connectivity index (χ0v) is 12.0. The number of hydrogen-bond donors (Lipinski definition) is 1. The third-order valence-corrected chi connectivity index (χ3v) is 3.54. The first kappa shape index (κ1) is 12.9. The van der Waals surface area contributed by atoms with Crippen molar-refractivity contribution < 1.29 is 4.74 Å². The number of anilines is 1. The third kappa shape index (κ3) is 3.01. The van der Waals surface area contributed by atoms with E-state index in [1.807, 2.05) is 44.3 Å². The summed E-state index contributed by atoms with van der Waals surface area (Å²) < 4.78 is 6.86. The van der Waals surface area contributed by atoms with Gasteiger partial charge in [-0.05, 0) is 36.8 Å². The van der Waals surface area contributed by atoms with E-state index in [1.54, 1.807) is 6.20 Å². The molecule has 0 saturated carbocycles. The van der Waals surface area contributed by atoms with Gasteiger partial charge in [0.1, 0.15) is 18.2 Å². The molecule has 1 heterocycles. The van der Waals surface area contributed by atoms with E-state index < -0.39 is 0 Å². The molecule has 0 amide bonds. The van der Waals surface area contributed by atoms with Gasteiger partial charge in [-0.1, -0.05) is 22.0 Å². The average molecular weight is 307 g/mol. The summed E-state index contributed by atoms with van der Waals surface area (Å²) in [5.74, 6) is 1.72. The molecule has 2 rings (SSSR count). The molecule has 0 atom stereocenters. The molecular weight excluding hydrogens is 292 g/mol. The van der Waals surface area contributed by atoms with Gasteiger partial charge >= 0.3 is 0 Å². The van der Waals surface area contributed by atoms with Gasteiger partial charge in [-0.3, -0.25) is 0 Å². The molecule has 1 aromatic heterocycles. The highest BCUT2D eigenvalue weighted by Gasteiger charge is 2.03. The van der Waals surface area contributed by atoms with E-state index in [1.165, 1.54) is 0 Å². The Morgan fingerprint density at radius 3 is 2.89 bits per heavy atom. The van der Waals surface area contributed by atoms with E-state index >= 15 is 0 Å². The van der Waals surface area contributed by atoms with Gasteiger partial charge < -0.3 is 10.1 Å². The van der Waals surface area contributed by atoms with Gasteiger partial charge in [-0.25, -0.2) is 4.98 Å². The van der Waals surface area contributed by atoms with Crippen LogP contribution in [0.1, 0.15) is 11.1 Å². The highest BCUT2D eigenvalue weighted by molar-refractivity contribution is 9.10. The first-order valence-electron chi connectivity index (χ1n) is 5.71. The molecule has 0 saturated heterocycles. The number of hydrogen-bond acceptors (Lipinski definition) is 3. The summed E-state index contributed by atoms with van der Waals surface area (Å²) in [5, 5.41) is 3.05. The van der Waals surface area contributed by atoms with Gasteiger partial charge in [0.25, 0.3) is 0 Å². The van der Waals surface area contributed by atoms with Crippen LogP contribution in [0.15, 0.2) is 41.0 Å². The second-order valence-corrected chi connectivity index (χ2v) is 4.82. The maximum absolute atomic E-state index is 5.77. The van der Waals surface area contributed by atoms with Gasteiger partial charge in [-0.2, -0.15) is 0 Å². The number of nitrogens with zero attached hydrogens (tertiary/aromatic N) is 1. The van der Waals surface area contributed by atoms with E-state index in [-0.39, 0.29) is 0 Å². The summed E-state index contributed by atoms with van der Waals surface area (Å²) in [5.41, 5.74) is 2.20. The fourth-order valence-corrected chi connectivity index (χ4v) is 1.89. The molecule has 0 fully saturated rings. The molecule has 0 aliphatic carbocycles. The van der Waals surface area contributed by atoms with Crippen LogP contribution in [0, 0.1) is 6.92 Å². The Morgan fingerprint density at radius 2 is 2.17 bits per heavy atom. The van der Waals surface area contributed by atoms with Crippen LogP contribution in [0.25, 0.3) is 0 Å². The van der Waals surface area contributed by atoms with Crippen LogP contribution in [0.5, 0.6) is 5.75 Å². The Bertz CT molecular complexity index is 543. The van der Waals surface area contributed by atoms with E-state index in [2.05, 4.69) is 26.2 Å². The molecule has 0 unspecified atom stereocenters. The number of aryl methyl sites for hydroxylation is 1. The van der Waals surface area contributed by atoms with Crippen molar-refractivity contribution in [3.8, 4) is 5.75 Å². The quantitative estimate of drug-likeness (QED) is 0.933. The van der Waals surface area contributed by atoms with Crippen LogP contribution in [-0.4, -0.2) is 12.0 Å². The number of benzene rings is 1. The van der Waals surface area contributed by atoms with Crippen molar-refractivity contribution >= 4 is 21.7 Å². The molecule has 1 aromatic carbocycles. The normalized spacial score (nSPS) is 10.2. The molecule has 0 bridgehead atoms. The fraction of sp³-hybridized carbons (Fsp3) is 0.214. The topological polar surface area (TPSA) is 34.2 Å². The highest BCUT2D eigenvalue weighted by Crippen LogP contribution is 2.23. The third-order valence-electron chi connectivity index (χ3n) is 2.65. The lowest BCUT2D eigenvalue weighted by molar-refractivity contribution is 0.306. The molecular formula is C14H15BrN2O. The van der Waals surface area contributed by atoms with Crippen LogP contribution >= 0.6 is 15.9 Å². The van der Waals surface area contributed by atoms with Gasteiger partial charge in [-0.15, -0.1) is 0 Å². The van der Waals surface area contributed by atoms with Gasteiger partial charge in [0, 0.05) is 23.3 Å². The van der Waals surface area contributed by atoms with Crippen LogP contribution in [0.2, 0.25) is 0 Å². The molecule has 2 aromatic rings. The number of aromatic nitrogens is 1. The molecule has 0 radical (unpaired) electrons. The van der Waals surface area contributed by atoms with Crippen molar-refractivity contribution in [2.45, 2.75) is 13.5 Å². The van der Waals surface area contributed by atoms with Crippen molar-refractivity contribution in [2.24, 2.45) is 0 Å². The van der Waals surface area contributed by atoms with Gasteiger partial charge in [0.15, 0.2) is 0 Å². The second-order valence-electron chi connectivity index (χ2n) is 3.96. The van der Waals surface area contributed by atoms with E-state index in [9.17, 15) is 0 Å². The summed E-state index contributed by atoms with van der Waals surface area (Å²) in [6, 6.07) is 9.87. The number of nitrogens with one attached hydrogen (secondary N) is 1. The maximum atomic E-state index is 5.77. The van der Waals surface area contributed by atoms with Crippen molar-refractivity contribution in [1.82, 2.24) is 4.98 Å². The predicted octanol–water partition coefficient (Wildman–Crippen LogP) is 3.77. The van der Waals surface area contributed by atoms with E-state index in [0.29, 0.717) is 6.61 Å². The van der Waals surface area contributed by atoms with Crippen molar-refractivity contribution in [3.05, 3.63) is 52.1 Å². The Balaban J connectivity index is 2.09. The van der Waals surface area contributed by atoms with Crippen LogP contribution in [0.3, 0.4) is 0 Å².